The molecule has 0 aliphatic carbocycles. The summed E-state index contributed by atoms with van der Waals surface area (Å²) in [5.41, 5.74) is 9.25. The number of carbonyl (C=O) groups is 1. The van der Waals surface area contributed by atoms with Gasteiger partial charge in [-0.05, 0) is 48.2 Å². The molecule has 2 rings (SSSR count). The highest BCUT2D eigenvalue weighted by atomic mass is 16.5. The van der Waals surface area contributed by atoms with Gasteiger partial charge >= 0.3 is 0 Å². The van der Waals surface area contributed by atoms with Gasteiger partial charge in [-0.2, -0.15) is 0 Å². The maximum Gasteiger partial charge on any atom is 0.248 e. The number of carbonyl (C=O) groups excluding carboxylic acids is 1. The van der Waals surface area contributed by atoms with Crippen LogP contribution in [-0.4, -0.2) is 12.5 Å². The molecule has 0 aliphatic heterocycles. The van der Waals surface area contributed by atoms with Crippen molar-refractivity contribution in [2.45, 2.75) is 20.8 Å². The van der Waals surface area contributed by atoms with Crippen LogP contribution in [0, 0.1) is 12.8 Å². The van der Waals surface area contributed by atoms with Gasteiger partial charge in [-0.1, -0.05) is 38.1 Å². The molecular weight excluding hydrogens is 300 g/mol. The predicted octanol–water partition coefficient (Wildman–Crippen LogP) is 4.26. The largest absolute Gasteiger partial charge is 0.491 e. The Bertz CT molecular complexity index is 736. The number of nitrogens with one attached hydrogen (secondary N) is 1. The fourth-order valence-electron chi connectivity index (χ4n) is 2.12. The number of benzene rings is 2. The summed E-state index contributed by atoms with van der Waals surface area (Å²) < 4.78 is 5.64. The highest BCUT2D eigenvalue weighted by Gasteiger charge is 2.04. The van der Waals surface area contributed by atoms with Crippen LogP contribution in [0.2, 0.25) is 0 Å². The normalized spacial score (nSPS) is 11.0. The summed E-state index contributed by atoms with van der Waals surface area (Å²) in [5.74, 6) is 0.933. The number of anilines is 2. The van der Waals surface area contributed by atoms with Crippen molar-refractivity contribution < 1.29 is 9.53 Å². The molecule has 1 amide bonds. The van der Waals surface area contributed by atoms with Crippen LogP contribution in [0.3, 0.4) is 0 Å². The fourth-order valence-corrected chi connectivity index (χ4v) is 2.12. The Hall–Kier alpha value is -2.75. The first-order valence-corrected chi connectivity index (χ1v) is 8.02. The first kappa shape index (κ1) is 17.6. The van der Waals surface area contributed by atoms with Gasteiger partial charge in [0.2, 0.25) is 5.91 Å². The summed E-state index contributed by atoms with van der Waals surface area (Å²) in [7, 11) is 0. The van der Waals surface area contributed by atoms with Crippen molar-refractivity contribution in [1.82, 2.24) is 0 Å². The lowest BCUT2D eigenvalue weighted by molar-refractivity contribution is -0.111. The summed E-state index contributed by atoms with van der Waals surface area (Å²) in [5, 5.41) is 2.86. The molecule has 0 fully saturated rings. The second kappa shape index (κ2) is 8.20. The smallest absolute Gasteiger partial charge is 0.248 e. The quantitative estimate of drug-likeness (QED) is 0.616. The summed E-state index contributed by atoms with van der Waals surface area (Å²) in [6.45, 7) is 6.74. The molecule has 2 aromatic rings. The highest BCUT2D eigenvalue weighted by molar-refractivity contribution is 6.02. The molecule has 4 nitrogen and oxygen atoms in total. The first-order valence-electron chi connectivity index (χ1n) is 8.02. The summed E-state index contributed by atoms with van der Waals surface area (Å²) in [6.07, 6.45) is 3.23. The molecule has 4 heteroatoms. The number of amides is 1. The third kappa shape index (κ3) is 5.16. The number of nitrogens with two attached hydrogens (primary N) is 1. The molecule has 0 atom stereocenters. The van der Waals surface area contributed by atoms with E-state index < -0.39 is 0 Å². The summed E-state index contributed by atoms with van der Waals surface area (Å²) in [6, 6.07) is 13.2. The number of rotatable bonds is 6. The maximum absolute atomic E-state index is 12.0. The van der Waals surface area contributed by atoms with E-state index in [1.165, 1.54) is 6.08 Å². The van der Waals surface area contributed by atoms with Crippen LogP contribution in [0.4, 0.5) is 11.4 Å². The van der Waals surface area contributed by atoms with E-state index in [-0.39, 0.29) is 5.91 Å². The van der Waals surface area contributed by atoms with E-state index in [9.17, 15) is 4.79 Å². The van der Waals surface area contributed by atoms with E-state index >= 15 is 0 Å². The van der Waals surface area contributed by atoms with Crippen LogP contribution in [0.5, 0.6) is 5.75 Å². The monoisotopic (exact) mass is 324 g/mol. The third-order valence-corrected chi connectivity index (χ3v) is 3.44. The Morgan fingerprint density at radius 1 is 1.25 bits per heavy atom. The Morgan fingerprint density at radius 3 is 2.67 bits per heavy atom. The zero-order chi connectivity index (χ0) is 17.5. The van der Waals surface area contributed by atoms with Crippen molar-refractivity contribution in [1.29, 1.82) is 0 Å². The van der Waals surface area contributed by atoms with E-state index in [1.807, 2.05) is 43.3 Å². The van der Waals surface area contributed by atoms with Crippen LogP contribution in [0.1, 0.15) is 25.0 Å². The highest BCUT2D eigenvalue weighted by Crippen LogP contribution is 2.23. The van der Waals surface area contributed by atoms with Crippen LogP contribution < -0.4 is 15.8 Å². The van der Waals surface area contributed by atoms with Crippen molar-refractivity contribution in [3.05, 3.63) is 59.7 Å². The summed E-state index contributed by atoms with van der Waals surface area (Å²) >= 11 is 0. The fraction of sp³-hybridized carbons (Fsp3) is 0.250. The second-order valence-corrected chi connectivity index (χ2v) is 6.14. The minimum absolute atomic E-state index is 0.178. The second-order valence-electron chi connectivity index (χ2n) is 6.14. The Kier molecular flexibility index (Phi) is 6.01. The van der Waals surface area contributed by atoms with Gasteiger partial charge in [0.1, 0.15) is 5.75 Å². The standard InChI is InChI=1S/C20H24N2O2/c1-14(2)13-24-19-10-8-16(12-17(19)21)9-11-20(23)22-18-7-5-4-6-15(18)3/h4-12,14H,13,21H2,1-3H3,(H,22,23)/b11-9-. The van der Waals surface area contributed by atoms with Crippen LogP contribution in [-0.2, 0) is 4.79 Å². The number of hydrogen-bond donors (Lipinski definition) is 2. The van der Waals surface area contributed by atoms with Gasteiger partial charge in [0, 0.05) is 11.8 Å². The molecule has 0 heterocycles. The molecule has 0 radical (unpaired) electrons. The minimum atomic E-state index is -0.178. The van der Waals surface area contributed by atoms with Crippen LogP contribution >= 0.6 is 0 Å². The van der Waals surface area contributed by atoms with Crippen molar-refractivity contribution in [3.63, 3.8) is 0 Å². The lowest BCUT2D eigenvalue weighted by atomic mass is 10.1. The van der Waals surface area contributed by atoms with Crippen LogP contribution in [0.15, 0.2) is 48.5 Å². The molecule has 0 bridgehead atoms. The van der Waals surface area contributed by atoms with Crippen LogP contribution in [0.25, 0.3) is 6.08 Å². The number of ether oxygens (including phenoxy) is 1. The van der Waals surface area contributed by atoms with Crippen molar-refractivity contribution in [2.24, 2.45) is 5.92 Å². The zero-order valence-corrected chi connectivity index (χ0v) is 14.4. The van der Waals surface area contributed by atoms with Gasteiger partial charge < -0.3 is 15.8 Å². The number of para-hydroxylation sites is 1. The molecule has 3 N–H and O–H groups in total. The van der Waals surface area contributed by atoms with E-state index in [4.69, 9.17) is 10.5 Å². The Balaban J connectivity index is 2.00. The number of nitrogen functional groups attached to an aromatic ring is 1. The first-order chi connectivity index (χ1) is 11.5. The van der Waals surface area contributed by atoms with Crippen molar-refractivity contribution in [3.8, 4) is 5.75 Å². The van der Waals surface area contributed by atoms with E-state index in [0.717, 1.165) is 16.8 Å². The summed E-state index contributed by atoms with van der Waals surface area (Å²) in [4.78, 5) is 12.0. The van der Waals surface area contributed by atoms with E-state index in [1.54, 1.807) is 12.1 Å². The molecule has 0 saturated carbocycles. The van der Waals surface area contributed by atoms with Crippen molar-refractivity contribution in [2.75, 3.05) is 17.7 Å². The molecule has 0 aromatic heterocycles. The lowest BCUT2D eigenvalue weighted by Crippen LogP contribution is -2.08. The van der Waals surface area contributed by atoms with Gasteiger partial charge in [-0.3, -0.25) is 4.79 Å². The topological polar surface area (TPSA) is 64.3 Å². The molecular formula is C20H24N2O2. The van der Waals surface area contributed by atoms with E-state index in [0.29, 0.717) is 24.0 Å². The van der Waals surface area contributed by atoms with Crippen molar-refractivity contribution >= 4 is 23.4 Å². The maximum atomic E-state index is 12.0. The van der Waals surface area contributed by atoms with Gasteiger partial charge in [0.25, 0.3) is 0 Å². The molecule has 0 saturated heterocycles. The predicted molar refractivity (Wildman–Crippen MR) is 100 cm³/mol. The SMILES string of the molecule is Cc1ccccc1NC(=O)/C=C\c1ccc(OCC(C)C)c(N)c1. The lowest BCUT2D eigenvalue weighted by Gasteiger charge is -2.11. The number of aryl methyl sites for hydroxylation is 1. The van der Waals surface area contributed by atoms with Gasteiger partial charge in [0.05, 0.1) is 12.3 Å². The molecule has 24 heavy (non-hydrogen) atoms. The molecule has 126 valence electrons. The number of hydrogen-bond acceptors (Lipinski definition) is 3. The zero-order valence-electron chi connectivity index (χ0n) is 14.4. The molecule has 0 unspecified atom stereocenters. The average molecular weight is 324 g/mol. The third-order valence-electron chi connectivity index (χ3n) is 3.44. The minimum Gasteiger partial charge on any atom is -0.491 e. The van der Waals surface area contributed by atoms with E-state index in [2.05, 4.69) is 19.2 Å². The average Bonchev–Trinajstić information content (AvgIpc) is 2.54. The molecule has 0 aliphatic rings. The van der Waals surface area contributed by atoms with Gasteiger partial charge in [0.15, 0.2) is 0 Å². The molecule has 2 aromatic carbocycles. The molecule has 0 spiro atoms. The Labute approximate surface area is 143 Å². The Morgan fingerprint density at radius 2 is 2.00 bits per heavy atom. The van der Waals surface area contributed by atoms with Gasteiger partial charge in [-0.25, -0.2) is 0 Å². The van der Waals surface area contributed by atoms with Gasteiger partial charge in [-0.15, -0.1) is 0 Å².